The molecule has 4 aliphatic carbocycles. The molecule has 0 bridgehead atoms. The third-order valence-electron chi connectivity index (χ3n) is 8.99. The van der Waals surface area contributed by atoms with Crippen molar-refractivity contribution in [3.63, 3.8) is 0 Å². The Morgan fingerprint density at radius 3 is 2.67 bits per heavy atom. The summed E-state index contributed by atoms with van der Waals surface area (Å²) in [5.41, 5.74) is -3.22. The molecule has 3 fully saturated rings. The van der Waals surface area contributed by atoms with Crippen LogP contribution >= 0.6 is 0 Å². The van der Waals surface area contributed by atoms with Gasteiger partial charge in [-0.1, -0.05) is 32.4 Å². The summed E-state index contributed by atoms with van der Waals surface area (Å²) in [6, 6.07) is 0. The molecule has 0 aromatic heterocycles. The number of carbonyl (C=O) groups is 2. The molecule has 0 aliphatic heterocycles. The minimum atomic E-state index is -1.43. The SMILES string of the molecule is CCC(=O)[C@@]1(O)[C@H](C)C[C@H]2[C@@H]3CCC4=CC(=O)C=C[C@]4(C)[C@@]3(F)CC[C@@]21C. The van der Waals surface area contributed by atoms with Crippen LogP contribution in [0.4, 0.5) is 4.39 Å². The van der Waals surface area contributed by atoms with Crippen LogP contribution in [0.15, 0.2) is 23.8 Å². The third kappa shape index (κ3) is 2.06. The number of halogens is 1. The van der Waals surface area contributed by atoms with Crippen molar-refractivity contribution in [3.8, 4) is 0 Å². The van der Waals surface area contributed by atoms with Gasteiger partial charge in [-0.3, -0.25) is 9.59 Å². The van der Waals surface area contributed by atoms with Gasteiger partial charge >= 0.3 is 0 Å². The number of hydrogen-bond donors (Lipinski definition) is 1. The van der Waals surface area contributed by atoms with E-state index in [0.717, 1.165) is 5.57 Å². The molecule has 1 N–H and O–H groups in total. The average Bonchev–Trinajstić information content (AvgIpc) is 2.84. The maximum atomic E-state index is 16.8. The first-order valence-electron chi connectivity index (χ1n) is 10.4. The average molecular weight is 374 g/mol. The Morgan fingerprint density at radius 2 is 2.00 bits per heavy atom. The van der Waals surface area contributed by atoms with E-state index in [-0.39, 0.29) is 29.3 Å². The lowest BCUT2D eigenvalue weighted by molar-refractivity contribution is -0.180. The van der Waals surface area contributed by atoms with Crippen molar-refractivity contribution in [3.05, 3.63) is 23.8 Å². The molecular formula is C23H31FO3. The summed E-state index contributed by atoms with van der Waals surface area (Å²) < 4.78 is 16.8. The van der Waals surface area contributed by atoms with Crippen LogP contribution in [-0.4, -0.2) is 27.9 Å². The minimum Gasteiger partial charge on any atom is -0.381 e. The van der Waals surface area contributed by atoms with Gasteiger partial charge in [0.25, 0.3) is 0 Å². The molecule has 0 aromatic rings. The predicted octanol–water partition coefficient (Wildman–Crippen LogP) is 4.34. The van der Waals surface area contributed by atoms with Crippen LogP contribution < -0.4 is 0 Å². The quantitative estimate of drug-likeness (QED) is 0.782. The predicted molar refractivity (Wildman–Crippen MR) is 102 cm³/mol. The van der Waals surface area contributed by atoms with Crippen molar-refractivity contribution < 1.29 is 19.1 Å². The van der Waals surface area contributed by atoms with E-state index in [1.165, 1.54) is 6.08 Å². The van der Waals surface area contributed by atoms with Crippen molar-refractivity contribution in [1.82, 2.24) is 0 Å². The summed E-state index contributed by atoms with van der Waals surface area (Å²) in [6.07, 6.45) is 8.13. The third-order valence-corrected chi connectivity index (χ3v) is 8.99. The highest BCUT2D eigenvalue weighted by atomic mass is 19.1. The van der Waals surface area contributed by atoms with Gasteiger partial charge in [-0.15, -0.1) is 0 Å². The highest BCUT2D eigenvalue weighted by Crippen LogP contribution is 2.70. The van der Waals surface area contributed by atoms with E-state index in [2.05, 4.69) is 0 Å². The molecule has 3 nitrogen and oxygen atoms in total. The normalized spacial score (nSPS) is 51.3. The van der Waals surface area contributed by atoms with Crippen LogP contribution in [-0.2, 0) is 9.59 Å². The highest BCUT2D eigenvalue weighted by Gasteiger charge is 2.72. The number of alkyl halides is 1. The van der Waals surface area contributed by atoms with E-state index in [4.69, 9.17) is 0 Å². The molecule has 0 heterocycles. The summed E-state index contributed by atoms with van der Waals surface area (Å²) in [5, 5.41) is 11.5. The summed E-state index contributed by atoms with van der Waals surface area (Å²) >= 11 is 0. The van der Waals surface area contributed by atoms with Gasteiger partial charge in [0, 0.05) is 17.3 Å². The Bertz CT molecular complexity index is 770. The molecule has 27 heavy (non-hydrogen) atoms. The van der Waals surface area contributed by atoms with Crippen LogP contribution in [0.2, 0.25) is 0 Å². The lowest BCUT2D eigenvalue weighted by Crippen LogP contribution is -2.63. The molecule has 4 aliphatic rings. The maximum Gasteiger partial charge on any atom is 0.178 e. The Kier molecular flexibility index (Phi) is 3.97. The van der Waals surface area contributed by atoms with Gasteiger partial charge in [0.2, 0.25) is 0 Å². The van der Waals surface area contributed by atoms with E-state index in [9.17, 15) is 14.7 Å². The molecule has 4 rings (SSSR count). The second kappa shape index (κ2) is 5.62. The van der Waals surface area contributed by atoms with E-state index < -0.39 is 22.1 Å². The topological polar surface area (TPSA) is 54.4 Å². The van der Waals surface area contributed by atoms with Gasteiger partial charge in [-0.2, -0.15) is 0 Å². The molecule has 0 spiro atoms. The van der Waals surface area contributed by atoms with Gasteiger partial charge < -0.3 is 5.11 Å². The van der Waals surface area contributed by atoms with Gasteiger partial charge in [-0.05, 0) is 68.9 Å². The van der Waals surface area contributed by atoms with Crippen LogP contribution in [0.1, 0.15) is 66.2 Å². The summed E-state index contributed by atoms with van der Waals surface area (Å²) in [7, 11) is 0. The maximum absolute atomic E-state index is 16.8. The highest BCUT2D eigenvalue weighted by molar-refractivity contribution is 6.01. The fourth-order valence-corrected chi connectivity index (χ4v) is 7.30. The Balaban J connectivity index is 1.78. The molecule has 0 amide bonds. The number of aliphatic hydroxyl groups is 1. The molecule has 0 radical (unpaired) electrons. The van der Waals surface area contributed by atoms with Crippen molar-refractivity contribution in [2.45, 2.75) is 77.5 Å². The lowest BCUT2D eigenvalue weighted by Gasteiger charge is -2.61. The van der Waals surface area contributed by atoms with Crippen molar-refractivity contribution in [2.75, 3.05) is 0 Å². The summed E-state index contributed by atoms with van der Waals surface area (Å²) in [5.74, 6) is -0.524. The second-order valence-corrected chi connectivity index (χ2v) is 9.82. The number of rotatable bonds is 2. The van der Waals surface area contributed by atoms with Crippen molar-refractivity contribution in [2.24, 2.45) is 28.6 Å². The zero-order valence-corrected chi connectivity index (χ0v) is 16.8. The molecule has 4 heteroatoms. The van der Waals surface area contributed by atoms with E-state index >= 15 is 4.39 Å². The van der Waals surface area contributed by atoms with Gasteiger partial charge in [-0.25, -0.2) is 4.39 Å². The van der Waals surface area contributed by atoms with Crippen LogP contribution in [0.5, 0.6) is 0 Å². The smallest absolute Gasteiger partial charge is 0.178 e. The van der Waals surface area contributed by atoms with Crippen LogP contribution in [0.25, 0.3) is 0 Å². The first-order valence-corrected chi connectivity index (χ1v) is 10.4. The number of allylic oxidation sites excluding steroid dienone is 4. The molecular weight excluding hydrogens is 343 g/mol. The Labute approximate surface area is 161 Å². The summed E-state index contributed by atoms with van der Waals surface area (Å²) in [4.78, 5) is 24.6. The van der Waals surface area contributed by atoms with Crippen LogP contribution in [0.3, 0.4) is 0 Å². The van der Waals surface area contributed by atoms with E-state index in [1.54, 1.807) is 19.1 Å². The number of carbonyl (C=O) groups excluding carboxylic acids is 2. The fourth-order valence-electron chi connectivity index (χ4n) is 7.30. The van der Waals surface area contributed by atoms with Crippen molar-refractivity contribution in [1.29, 1.82) is 0 Å². The first-order chi connectivity index (χ1) is 12.5. The lowest BCUT2D eigenvalue weighted by atomic mass is 9.45. The van der Waals surface area contributed by atoms with Crippen molar-refractivity contribution >= 4 is 11.6 Å². The first kappa shape index (κ1) is 19.0. The van der Waals surface area contributed by atoms with Gasteiger partial charge in [0.1, 0.15) is 11.3 Å². The van der Waals surface area contributed by atoms with E-state index in [0.29, 0.717) is 38.5 Å². The molecule has 148 valence electrons. The molecule has 7 atom stereocenters. The standard InChI is InChI=1S/C23H31FO3/c1-5-19(26)23(27)14(2)12-18-17-7-6-15-13-16(25)8-9-20(15,3)22(17,24)11-10-21(18,23)4/h8-9,13-14,17-18,27H,5-7,10-12H2,1-4H3/t14-,17+,18+,20+,21+,22-,23+/m1/s1. The van der Waals surface area contributed by atoms with Gasteiger partial charge in [0.15, 0.2) is 11.6 Å². The van der Waals surface area contributed by atoms with E-state index in [1.807, 2.05) is 20.8 Å². The molecule has 3 saturated carbocycles. The number of hydrogen-bond acceptors (Lipinski definition) is 3. The largest absolute Gasteiger partial charge is 0.381 e. The zero-order valence-electron chi connectivity index (χ0n) is 16.8. The number of Topliss-reactive ketones (excluding diaryl/α,β-unsaturated/α-hetero) is 1. The Hall–Kier alpha value is -1.29. The Morgan fingerprint density at radius 1 is 1.30 bits per heavy atom. The van der Waals surface area contributed by atoms with Crippen LogP contribution in [0, 0.1) is 28.6 Å². The monoisotopic (exact) mass is 374 g/mol. The summed E-state index contributed by atoms with van der Waals surface area (Å²) in [6.45, 7) is 7.70. The zero-order chi connectivity index (χ0) is 19.8. The number of fused-ring (bicyclic) bond motifs is 5. The molecule has 0 aromatic carbocycles. The fraction of sp³-hybridized carbons (Fsp3) is 0.739. The van der Waals surface area contributed by atoms with Gasteiger partial charge in [0.05, 0.1) is 0 Å². The molecule has 0 saturated heterocycles. The number of ketones is 2. The second-order valence-electron chi connectivity index (χ2n) is 9.82. The minimum absolute atomic E-state index is 0.0175. The molecule has 0 unspecified atom stereocenters.